The van der Waals surface area contributed by atoms with Crippen molar-refractivity contribution in [3.8, 4) is 0 Å². The van der Waals surface area contributed by atoms with Crippen molar-refractivity contribution in [2.24, 2.45) is 4.99 Å². The third kappa shape index (κ3) is 3.10. The predicted molar refractivity (Wildman–Crippen MR) is 107 cm³/mol. The molecule has 29 heavy (non-hydrogen) atoms. The third-order valence-electron chi connectivity index (χ3n) is 4.56. The lowest BCUT2D eigenvalue weighted by Crippen LogP contribution is -2.34. The third-order valence-corrected chi connectivity index (χ3v) is 4.56. The maximum Gasteiger partial charge on any atom is 0.357 e. The van der Waals surface area contributed by atoms with Crippen molar-refractivity contribution < 1.29 is 18.8 Å². The van der Waals surface area contributed by atoms with Crippen molar-refractivity contribution in [3.63, 3.8) is 0 Å². The number of carbonyl (C=O) groups excluding carboxylic acids is 3. The molecule has 0 bridgehead atoms. The van der Waals surface area contributed by atoms with E-state index in [1.165, 1.54) is 18.2 Å². The van der Waals surface area contributed by atoms with Crippen LogP contribution in [-0.4, -0.2) is 43.1 Å². The van der Waals surface area contributed by atoms with Crippen LogP contribution < -0.4 is 10.5 Å². The van der Waals surface area contributed by atoms with E-state index >= 15 is 0 Å². The average molecular weight is 389 g/mol. The molecule has 1 aromatic heterocycles. The smallest absolute Gasteiger partial charge is 0.357 e. The van der Waals surface area contributed by atoms with Crippen molar-refractivity contribution >= 4 is 40.7 Å². The Kier molecular flexibility index (Phi) is 4.31. The first-order valence-electron chi connectivity index (χ1n) is 8.68. The van der Waals surface area contributed by atoms with Gasteiger partial charge in [-0.1, -0.05) is 12.1 Å². The van der Waals surface area contributed by atoms with Crippen molar-refractivity contribution in [2.45, 2.75) is 0 Å². The van der Waals surface area contributed by atoms with Gasteiger partial charge in [0.2, 0.25) is 0 Å². The summed E-state index contributed by atoms with van der Waals surface area (Å²) in [4.78, 5) is 55.2. The molecule has 2 heterocycles. The number of hydrogen-bond acceptors (Lipinski definition) is 6. The highest BCUT2D eigenvalue weighted by molar-refractivity contribution is 6.29. The van der Waals surface area contributed by atoms with E-state index in [4.69, 9.17) is 4.42 Å². The van der Waals surface area contributed by atoms with Gasteiger partial charge in [0.15, 0.2) is 0 Å². The van der Waals surface area contributed by atoms with E-state index in [0.29, 0.717) is 15.9 Å². The van der Waals surface area contributed by atoms with Crippen molar-refractivity contribution in [1.29, 1.82) is 0 Å². The van der Waals surface area contributed by atoms with E-state index in [9.17, 15) is 19.2 Å². The van der Waals surface area contributed by atoms with Gasteiger partial charge in [0, 0.05) is 37.4 Å². The number of fused-ring (bicyclic) bond motifs is 2. The number of anilines is 1. The Labute approximate surface area is 164 Å². The second-order valence-electron chi connectivity index (χ2n) is 6.64. The van der Waals surface area contributed by atoms with Crippen LogP contribution >= 0.6 is 0 Å². The number of amides is 4. The first kappa shape index (κ1) is 18.3. The van der Waals surface area contributed by atoms with Crippen LogP contribution in [0, 0.1) is 0 Å². The minimum atomic E-state index is -1.07. The molecular weight excluding hydrogens is 374 g/mol. The molecule has 144 valence electrons. The Bertz CT molecular complexity index is 1240. The lowest BCUT2D eigenvalue weighted by molar-refractivity contribution is 0.0710. The molecule has 1 aliphatic rings. The number of imide groups is 3. The van der Waals surface area contributed by atoms with E-state index in [1.54, 1.807) is 24.3 Å². The Morgan fingerprint density at radius 2 is 1.66 bits per heavy atom. The van der Waals surface area contributed by atoms with Gasteiger partial charge in [-0.2, -0.15) is 4.90 Å². The van der Waals surface area contributed by atoms with E-state index in [0.717, 1.165) is 11.9 Å². The Morgan fingerprint density at radius 1 is 1.00 bits per heavy atom. The van der Waals surface area contributed by atoms with E-state index in [2.05, 4.69) is 4.99 Å². The number of rotatable bonds is 2. The van der Waals surface area contributed by atoms with Gasteiger partial charge in [0.05, 0.1) is 16.7 Å². The largest absolute Gasteiger partial charge is 0.422 e. The molecule has 0 spiro atoms. The normalized spacial score (nSPS) is 13.4. The summed E-state index contributed by atoms with van der Waals surface area (Å²) in [6.07, 6.45) is 0.997. The SMILES string of the molecule is CN(C)c1ccc2cc(C=NC(=O)N3C(=O)c4ccccc4C3=O)c(=O)oc2c1. The molecule has 0 aliphatic carbocycles. The van der Waals surface area contributed by atoms with Crippen LogP contribution in [-0.2, 0) is 0 Å². The summed E-state index contributed by atoms with van der Waals surface area (Å²) < 4.78 is 5.30. The maximum absolute atomic E-state index is 12.4. The lowest BCUT2D eigenvalue weighted by Gasteiger charge is -2.12. The molecular formula is C21H15N3O5. The molecule has 0 saturated carbocycles. The van der Waals surface area contributed by atoms with E-state index in [-0.39, 0.29) is 16.7 Å². The number of benzene rings is 2. The Morgan fingerprint density at radius 3 is 2.28 bits per heavy atom. The fraction of sp³-hybridized carbons (Fsp3) is 0.0952. The summed E-state index contributed by atoms with van der Waals surface area (Å²) in [6, 6.07) is 11.9. The molecule has 3 aromatic rings. The number of urea groups is 1. The summed E-state index contributed by atoms with van der Waals surface area (Å²) in [5.74, 6) is -1.48. The predicted octanol–water partition coefficient (Wildman–Crippen LogP) is 2.69. The van der Waals surface area contributed by atoms with Gasteiger partial charge in [-0.05, 0) is 30.3 Å². The van der Waals surface area contributed by atoms with Crippen molar-refractivity contribution in [2.75, 3.05) is 19.0 Å². The highest BCUT2D eigenvalue weighted by Crippen LogP contribution is 2.23. The topological polar surface area (TPSA) is 100 Å². The summed E-state index contributed by atoms with van der Waals surface area (Å²) in [5.41, 5.74) is 0.881. The first-order valence-corrected chi connectivity index (χ1v) is 8.68. The molecule has 0 radical (unpaired) electrons. The molecule has 4 amide bonds. The number of carbonyl (C=O) groups is 3. The zero-order chi connectivity index (χ0) is 20.7. The number of hydrogen-bond donors (Lipinski definition) is 0. The summed E-state index contributed by atoms with van der Waals surface area (Å²) in [5, 5.41) is 0.643. The fourth-order valence-corrected chi connectivity index (χ4v) is 3.03. The van der Waals surface area contributed by atoms with Gasteiger partial charge in [-0.25, -0.2) is 14.6 Å². The van der Waals surface area contributed by atoms with Crippen LogP contribution in [0.4, 0.5) is 10.5 Å². The van der Waals surface area contributed by atoms with Crippen LogP contribution in [0.15, 0.2) is 62.7 Å². The van der Waals surface area contributed by atoms with Crippen LogP contribution in [0.25, 0.3) is 11.0 Å². The van der Waals surface area contributed by atoms with Gasteiger partial charge in [0.25, 0.3) is 11.8 Å². The van der Waals surface area contributed by atoms with Crippen molar-refractivity contribution in [1.82, 2.24) is 4.90 Å². The highest BCUT2D eigenvalue weighted by Gasteiger charge is 2.39. The van der Waals surface area contributed by atoms with Gasteiger partial charge >= 0.3 is 11.7 Å². The number of aliphatic imine (C=N–C) groups is 1. The molecule has 8 nitrogen and oxygen atoms in total. The zero-order valence-electron chi connectivity index (χ0n) is 15.6. The quantitative estimate of drug-likeness (QED) is 0.380. The second kappa shape index (κ2) is 6.83. The van der Waals surface area contributed by atoms with Gasteiger partial charge in [-0.3, -0.25) is 9.59 Å². The highest BCUT2D eigenvalue weighted by atomic mass is 16.4. The first-order chi connectivity index (χ1) is 13.9. The Hall–Kier alpha value is -4.07. The van der Waals surface area contributed by atoms with Crippen molar-refractivity contribution in [3.05, 3.63) is 75.6 Å². The minimum Gasteiger partial charge on any atom is -0.422 e. The molecule has 0 atom stereocenters. The standard InChI is InChI=1S/C21H15N3O5/c1-23(2)14-8-7-12-9-13(20(27)29-17(12)10-14)11-22-21(28)24-18(25)15-5-3-4-6-16(15)19(24)26/h3-11H,1-2H3. The lowest BCUT2D eigenvalue weighted by atomic mass is 10.1. The maximum atomic E-state index is 12.4. The molecule has 0 N–H and O–H groups in total. The molecule has 0 unspecified atom stereocenters. The molecule has 8 heteroatoms. The summed E-state index contributed by atoms with van der Waals surface area (Å²) >= 11 is 0. The van der Waals surface area contributed by atoms with Crippen LogP contribution in [0.1, 0.15) is 26.3 Å². The Balaban J connectivity index is 1.63. The fourth-order valence-electron chi connectivity index (χ4n) is 3.03. The van der Waals surface area contributed by atoms with E-state index in [1.807, 2.05) is 25.1 Å². The van der Waals surface area contributed by atoms with E-state index < -0.39 is 23.5 Å². The summed E-state index contributed by atoms with van der Waals surface area (Å²) in [6.45, 7) is 0. The molecule has 0 fully saturated rings. The average Bonchev–Trinajstić information content (AvgIpc) is 2.96. The van der Waals surface area contributed by atoms with Crippen LogP contribution in [0.2, 0.25) is 0 Å². The monoisotopic (exact) mass is 389 g/mol. The second-order valence-corrected chi connectivity index (χ2v) is 6.64. The van der Waals surface area contributed by atoms with Gasteiger partial charge in [-0.15, -0.1) is 0 Å². The van der Waals surface area contributed by atoms with Gasteiger partial charge < -0.3 is 9.32 Å². The molecule has 1 aliphatic heterocycles. The zero-order valence-corrected chi connectivity index (χ0v) is 15.6. The molecule has 0 saturated heterocycles. The molecule has 4 rings (SSSR count). The van der Waals surface area contributed by atoms with Gasteiger partial charge in [0.1, 0.15) is 5.58 Å². The number of nitrogens with zero attached hydrogens (tertiary/aromatic N) is 3. The van der Waals surface area contributed by atoms with Crippen LogP contribution in [0.3, 0.4) is 0 Å². The van der Waals surface area contributed by atoms with Crippen LogP contribution in [0.5, 0.6) is 0 Å². The molecule has 2 aromatic carbocycles. The summed E-state index contributed by atoms with van der Waals surface area (Å²) in [7, 11) is 3.73. The minimum absolute atomic E-state index is 0.0278.